The van der Waals surface area contributed by atoms with E-state index in [1.807, 2.05) is 64.1 Å². The fourth-order valence-electron chi connectivity index (χ4n) is 2.15. The van der Waals surface area contributed by atoms with Crippen LogP contribution in [-0.4, -0.2) is 11.9 Å². The van der Waals surface area contributed by atoms with Gasteiger partial charge in [0.05, 0.1) is 11.6 Å². The second kappa shape index (κ2) is 6.48. The number of hydrogen-bond acceptors (Lipinski definition) is 3. The summed E-state index contributed by atoms with van der Waals surface area (Å²) >= 11 is 0. The smallest absolute Gasteiger partial charge is 0.253 e. The zero-order chi connectivity index (χ0) is 15.4. The molecule has 2 rings (SSSR count). The molecule has 1 aromatic carbocycles. The van der Waals surface area contributed by atoms with Gasteiger partial charge in [0, 0.05) is 11.7 Å². The molecule has 0 fully saturated rings. The number of rotatable bonds is 5. The van der Waals surface area contributed by atoms with Crippen LogP contribution in [0.2, 0.25) is 0 Å². The van der Waals surface area contributed by atoms with Crippen LogP contribution in [0.5, 0.6) is 0 Å². The molecule has 1 aromatic heterocycles. The molecule has 112 valence electrons. The molecule has 0 aliphatic rings. The second-order valence-corrected chi connectivity index (χ2v) is 5.49. The summed E-state index contributed by atoms with van der Waals surface area (Å²) in [6.45, 7) is 7.89. The van der Waals surface area contributed by atoms with Crippen LogP contribution in [0.1, 0.15) is 48.7 Å². The molecule has 1 unspecified atom stereocenters. The highest BCUT2D eigenvalue weighted by Gasteiger charge is 2.16. The number of aryl methyl sites for hydroxylation is 1. The number of para-hydroxylation sites is 1. The second-order valence-electron chi connectivity index (χ2n) is 5.49. The minimum Gasteiger partial charge on any atom is -0.464 e. The van der Waals surface area contributed by atoms with Gasteiger partial charge in [0.25, 0.3) is 5.91 Å². The van der Waals surface area contributed by atoms with E-state index in [4.69, 9.17) is 4.42 Å². The van der Waals surface area contributed by atoms with Crippen LogP contribution in [0.15, 0.2) is 40.8 Å². The van der Waals surface area contributed by atoms with Gasteiger partial charge in [-0.2, -0.15) is 0 Å². The van der Waals surface area contributed by atoms with Crippen molar-refractivity contribution in [1.29, 1.82) is 0 Å². The number of nitrogens with one attached hydrogen (secondary N) is 2. The molecule has 2 aromatic rings. The van der Waals surface area contributed by atoms with Crippen LogP contribution < -0.4 is 10.6 Å². The highest BCUT2D eigenvalue weighted by atomic mass is 16.3. The van der Waals surface area contributed by atoms with Gasteiger partial charge >= 0.3 is 0 Å². The Labute approximate surface area is 125 Å². The minimum atomic E-state index is -0.168. The van der Waals surface area contributed by atoms with Gasteiger partial charge in [-0.1, -0.05) is 12.1 Å². The van der Waals surface area contributed by atoms with Crippen molar-refractivity contribution < 1.29 is 9.21 Å². The van der Waals surface area contributed by atoms with Crippen LogP contribution in [0.25, 0.3) is 0 Å². The normalized spacial score (nSPS) is 12.2. The van der Waals surface area contributed by atoms with Gasteiger partial charge in [-0.25, -0.2) is 0 Å². The van der Waals surface area contributed by atoms with Gasteiger partial charge in [-0.3, -0.25) is 4.79 Å². The monoisotopic (exact) mass is 286 g/mol. The lowest BCUT2D eigenvalue weighted by Gasteiger charge is -2.16. The summed E-state index contributed by atoms with van der Waals surface area (Å²) < 4.78 is 5.55. The molecule has 1 atom stereocenters. The third-order valence-electron chi connectivity index (χ3n) is 3.15. The van der Waals surface area contributed by atoms with Crippen molar-refractivity contribution >= 4 is 11.6 Å². The Morgan fingerprint density at radius 2 is 1.81 bits per heavy atom. The number of hydrogen-bond donors (Lipinski definition) is 2. The van der Waals surface area contributed by atoms with Gasteiger partial charge in [-0.05, 0) is 52.0 Å². The molecule has 1 heterocycles. The molecule has 0 aliphatic heterocycles. The number of amides is 1. The third-order valence-corrected chi connectivity index (χ3v) is 3.15. The van der Waals surface area contributed by atoms with Crippen LogP contribution in [0.4, 0.5) is 5.69 Å². The first-order valence-electron chi connectivity index (χ1n) is 7.20. The van der Waals surface area contributed by atoms with E-state index in [-0.39, 0.29) is 18.0 Å². The van der Waals surface area contributed by atoms with E-state index in [2.05, 4.69) is 10.6 Å². The predicted molar refractivity (Wildman–Crippen MR) is 84.5 cm³/mol. The fraction of sp³-hybridized carbons (Fsp3) is 0.353. The highest BCUT2D eigenvalue weighted by molar-refractivity contribution is 5.99. The van der Waals surface area contributed by atoms with Gasteiger partial charge < -0.3 is 15.1 Å². The van der Waals surface area contributed by atoms with Gasteiger partial charge in [0.2, 0.25) is 0 Å². The summed E-state index contributed by atoms with van der Waals surface area (Å²) in [5, 5.41) is 6.25. The maximum absolute atomic E-state index is 12.4. The minimum absolute atomic E-state index is 0.111. The molecule has 0 bridgehead atoms. The van der Waals surface area contributed by atoms with E-state index >= 15 is 0 Å². The van der Waals surface area contributed by atoms with Gasteiger partial charge in [-0.15, -0.1) is 0 Å². The standard InChI is InChI=1S/C17H22N2O2/c1-11(2)18-15-8-6-5-7-14(15)17(20)19-13(4)16-10-9-12(3)21-16/h5-11,13,18H,1-4H3,(H,19,20). The zero-order valence-electron chi connectivity index (χ0n) is 12.9. The van der Waals surface area contributed by atoms with E-state index in [0.29, 0.717) is 5.56 Å². The molecule has 0 spiro atoms. The predicted octanol–water partition coefficient (Wildman–Crippen LogP) is 3.90. The largest absolute Gasteiger partial charge is 0.464 e. The van der Waals surface area contributed by atoms with Crippen molar-refractivity contribution in [2.75, 3.05) is 5.32 Å². The van der Waals surface area contributed by atoms with Crippen molar-refractivity contribution in [3.8, 4) is 0 Å². The first kappa shape index (κ1) is 15.2. The summed E-state index contributed by atoms with van der Waals surface area (Å²) in [4.78, 5) is 12.4. The highest BCUT2D eigenvalue weighted by Crippen LogP contribution is 2.19. The lowest BCUT2D eigenvalue weighted by molar-refractivity contribution is 0.0936. The molecule has 0 aliphatic carbocycles. The third kappa shape index (κ3) is 3.88. The van der Waals surface area contributed by atoms with E-state index in [9.17, 15) is 4.79 Å². The Bertz CT molecular complexity index is 617. The van der Waals surface area contributed by atoms with Crippen molar-refractivity contribution in [1.82, 2.24) is 5.32 Å². The molecular formula is C17H22N2O2. The molecule has 0 saturated heterocycles. The zero-order valence-corrected chi connectivity index (χ0v) is 12.9. The van der Waals surface area contributed by atoms with Crippen molar-refractivity contribution in [3.05, 3.63) is 53.5 Å². The SMILES string of the molecule is Cc1ccc(C(C)NC(=O)c2ccccc2NC(C)C)o1. The fourth-order valence-corrected chi connectivity index (χ4v) is 2.15. The average Bonchev–Trinajstić information content (AvgIpc) is 2.85. The summed E-state index contributed by atoms with van der Waals surface area (Å²) in [5.74, 6) is 1.49. The molecule has 2 N–H and O–H groups in total. The number of benzene rings is 1. The van der Waals surface area contributed by atoms with E-state index < -0.39 is 0 Å². The molecule has 4 heteroatoms. The maximum Gasteiger partial charge on any atom is 0.253 e. The Morgan fingerprint density at radius 3 is 2.43 bits per heavy atom. The molecule has 0 saturated carbocycles. The molecule has 1 amide bonds. The Morgan fingerprint density at radius 1 is 1.10 bits per heavy atom. The van der Waals surface area contributed by atoms with Crippen LogP contribution in [0.3, 0.4) is 0 Å². The molecule has 21 heavy (non-hydrogen) atoms. The summed E-state index contributed by atoms with van der Waals surface area (Å²) in [7, 11) is 0. The summed E-state index contributed by atoms with van der Waals surface area (Å²) in [6, 6.07) is 11.4. The Balaban J connectivity index is 2.13. The number of anilines is 1. The first-order valence-corrected chi connectivity index (χ1v) is 7.20. The quantitative estimate of drug-likeness (QED) is 0.876. The van der Waals surface area contributed by atoms with E-state index in [1.165, 1.54) is 0 Å². The van der Waals surface area contributed by atoms with Gasteiger partial charge in [0.1, 0.15) is 11.5 Å². The van der Waals surface area contributed by atoms with E-state index in [1.54, 1.807) is 0 Å². The van der Waals surface area contributed by atoms with Crippen molar-refractivity contribution in [2.24, 2.45) is 0 Å². The lowest BCUT2D eigenvalue weighted by atomic mass is 10.1. The summed E-state index contributed by atoms with van der Waals surface area (Å²) in [5.41, 5.74) is 1.48. The van der Waals surface area contributed by atoms with Crippen molar-refractivity contribution in [2.45, 2.75) is 39.8 Å². The lowest BCUT2D eigenvalue weighted by Crippen LogP contribution is -2.27. The Kier molecular flexibility index (Phi) is 4.68. The maximum atomic E-state index is 12.4. The van der Waals surface area contributed by atoms with Gasteiger partial charge in [0.15, 0.2) is 0 Å². The molecular weight excluding hydrogens is 264 g/mol. The summed E-state index contributed by atoms with van der Waals surface area (Å²) in [6.07, 6.45) is 0. The number of carbonyl (C=O) groups is 1. The Hall–Kier alpha value is -2.23. The molecule has 0 radical (unpaired) electrons. The number of furan rings is 1. The first-order chi connectivity index (χ1) is 9.97. The van der Waals surface area contributed by atoms with Crippen LogP contribution in [0, 0.1) is 6.92 Å². The van der Waals surface area contributed by atoms with Crippen molar-refractivity contribution in [3.63, 3.8) is 0 Å². The molecule has 4 nitrogen and oxygen atoms in total. The van der Waals surface area contributed by atoms with Crippen LogP contribution >= 0.6 is 0 Å². The average molecular weight is 286 g/mol. The van der Waals surface area contributed by atoms with E-state index in [0.717, 1.165) is 17.2 Å². The number of carbonyl (C=O) groups excluding carboxylic acids is 1. The topological polar surface area (TPSA) is 54.3 Å². The van der Waals surface area contributed by atoms with Crippen LogP contribution in [-0.2, 0) is 0 Å².